The van der Waals surface area contributed by atoms with Crippen LogP contribution in [0.15, 0.2) is 76.7 Å². The Balaban J connectivity index is 0.936. The maximum absolute atomic E-state index is 13.9. The van der Waals surface area contributed by atoms with Crippen molar-refractivity contribution >= 4 is 58.6 Å². The number of anilines is 3. The van der Waals surface area contributed by atoms with Crippen LogP contribution in [-0.4, -0.2) is 76.7 Å². The second-order valence-electron chi connectivity index (χ2n) is 13.1. The highest BCUT2D eigenvalue weighted by Gasteiger charge is 2.38. The van der Waals surface area contributed by atoms with Crippen LogP contribution in [-0.2, 0) is 17.6 Å². The van der Waals surface area contributed by atoms with Gasteiger partial charge in [0.15, 0.2) is 23.0 Å². The van der Waals surface area contributed by atoms with E-state index in [0.717, 1.165) is 28.2 Å². The highest BCUT2D eigenvalue weighted by atomic mass is 16.5. The van der Waals surface area contributed by atoms with Gasteiger partial charge in [-0.1, -0.05) is 18.2 Å². The van der Waals surface area contributed by atoms with Crippen LogP contribution in [0.1, 0.15) is 45.2 Å². The fraction of sp³-hybridized carbons (Fsp3) is 0.275. The molecule has 4 aromatic carbocycles. The van der Waals surface area contributed by atoms with Gasteiger partial charge in [-0.2, -0.15) is 0 Å². The molecule has 4 aromatic rings. The fourth-order valence-corrected chi connectivity index (χ4v) is 7.24. The average Bonchev–Trinajstić information content (AvgIpc) is 3.64. The summed E-state index contributed by atoms with van der Waals surface area (Å²) in [6, 6.07) is 20.0. The predicted molar refractivity (Wildman–Crippen MR) is 198 cm³/mol. The van der Waals surface area contributed by atoms with Gasteiger partial charge < -0.3 is 23.8 Å². The van der Waals surface area contributed by atoms with E-state index < -0.39 is 0 Å². The number of amides is 3. The van der Waals surface area contributed by atoms with Gasteiger partial charge in [-0.25, -0.2) is 0 Å². The Kier molecular flexibility index (Phi) is 8.37. The molecule has 52 heavy (non-hydrogen) atoms. The summed E-state index contributed by atoms with van der Waals surface area (Å²) in [5, 5.41) is 0. The van der Waals surface area contributed by atoms with Crippen LogP contribution in [0.25, 0.3) is 0 Å². The first-order valence-corrected chi connectivity index (χ1v) is 17.2. The molecule has 0 N–H and O–H groups in total. The topological polar surface area (TPSA) is 123 Å². The van der Waals surface area contributed by atoms with Gasteiger partial charge in [-0.3, -0.25) is 34.2 Å². The fourth-order valence-electron chi connectivity index (χ4n) is 7.24. The zero-order valence-electron chi connectivity index (χ0n) is 29.3. The molecular weight excluding hydrogens is 662 g/mol. The molecule has 3 amide bonds. The maximum atomic E-state index is 13.9. The number of ether oxygens (including phenoxy) is 4. The number of fused-ring (bicyclic) bond motifs is 8. The number of carbonyl (C=O) groups excluding carboxylic acids is 3. The van der Waals surface area contributed by atoms with Crippen LogP contribution >= 0.6 is 0 Å². The van der Waals surface area contributed by atoms with Gasteiger partial charge in [0.05, 0.1) is 62.0 Å². The third-order valence-corrected chi connectivity index (χ3v) is 9.99. The van der Waals surface area contributed by atoms with E-state index in [4.69, 9.17) is 23.9 Å². The summed E-state index contributed by atoms with van der Waals surface area (Å²) in [6.45, 7) is 2.12. The smallest absolute Gasteiger partial charge is 0.261 e. The van der Waals surface area contributed by atoms with Crippen LogP contribution in [0.2, 0.25) is 0 Å². The molecule has 4 aliphatic rings. The Morgan fingerprint density at radius 1 is 0.731 bits per heavy atom. The molecule has 0 spiro atoms. The number of hydrogen-bond donors (Lipinski definition) is 0. The van der Waals surface area contributed by atoms with Crippen molar-refractivity contribution in [3.8, 4) is 23.0 Å². The van der Waals surface area contributed by atoms with E-state index in [2.05, 4.69) is 4.99 Å². The van der Waals surface area contributed by atoms with E-state index in [1.165, 1.54) is 14.0 Å². The molecule has 0 saturated heterocycles. The van der Waals surface area contributed by atoms with Gasteiger partial charge in [0.25, 0.3) is 11.8 Å². The third-order valence-electron chi connectivity index (χ3n) is 9.99. The summed E-state index contributed by atoms with van der Waals surface area (Å²) in [4.78, 5) is 54.1. The molecule has 264 valence electrons. The lowest BCUT2D eigenvalue weighted by molar-refractivity contribution is -0.116. The largest absolute Gasteiger partial charge is 0.493 e. The number of carbonyl (C=O) groups is 3. The first-order valence-electron chi connectivity index (χ1n) is 17.2. The van der Waals surface area contributed by atoms with E-state index in [1.54, 1.807) is 59.3 Å². The highest BCUT2D eigenvalue weighted by molar-refractivity contribution is 6.16. The van der Waals surface area contributed by atoms with Crippen molar-refractivity contribution in [1.82, 2.24) is 0 Å². The van der Waals surface area contributed by atoms with Gasteiger partial charge in [0.2, 0.25) is 5.91 Å². The summed E-state index contributed by atoms with van der Waals surface area (Å²) >= 11 is 0. The predicted octanol–water partition coefficient (Wildman–Crippen LogP) is 6.11. The number of rotatable bonds is 9. The quantitative estimate of drug-likeness (QED) is 0.193. The highest BCUT2D eigenvalue weighted by Crippen LogP contribution is 2.43. The standard InChI is InChI=1S/C40H37N5O7/c1-23(46)43(2)26-10-11-34-25(15-26)16-28-22-42-32-20-38(36(50-4)18-30(32)40(48)45(28)34)52-13-7-12-51-37-19-31-29(17-35(37)49-3)39(47)44-27(21-41-31)14-24-8-5-6-9-33(24)44/h5-6,8-11,15,17-22,27-28H,7,12-14,16H2,1-4H3/t27-,28-/m0/s1. The lowest BCUT2D eigenvalue weighted by atomic mass is 10.1. The Bertz CT molecular complexity index is 2200. The van der Waals surface area contributed by atoms with Gasteiger partial charge in [0.1, 0.15) is 0 Å². The molecule has 0 radical (unpaired) electrons. The van der Waals surface area contributed by atoms with Gasteiger partial charge in [0, 0.05) is 74.9 Å². The van der Waals surface area contributed by atoms with Crippen molar-refractivity contribution in [2.45, 2.75) is 38.3 Å². The molecule has 8 rings (SSSR count). The third kappa shape index (κ3) is 5.60. The number of nitrogens with zero attached hydrogens (tertiary/aromatic N) is 5. The Hall–Kier alpha value is -6.17. The molecule has 12 heteroatoms. The van der Waals surface area contributed by atoms with Gasteiger partial charge in [-0.15, -0.1) is 0 Å². The molecular formula is C40H37N5O7. The summed E-state index contributed by atoms with van der Waals surface area (Å²) < 4.78 is 23.5. The molecule has 0 aliphatic carbocycles. The van der Waals surface area contributed by atoms with Crippen molar-refractivity contribution in [2.75, 3.05) is 49.2 Å². The molecule has 12 nitrogen and oxygen atoms in total. The van der Waals surface area contributed by atoms with Crippen LogP contribution in [0, 0.1) is 0 Å². The van der Waals surface area contributed by atoms with E-state index in [9.17, 15) is 14.4 Å². The van der Waals surface area contributed by atoms with E-state index in [-0.39, 0.29) is 29.8 Å². The van der Waals surface area contributed by atoms with Gasteiger partial charge in [-0.05, 0) is 47.5 Å². The summed E-state index contributed by atoms with van der Waals surface area (Å²) in [6.07, 6.45) is 5.44. The number of methoxy groups -OCH3 is 2. The monoisotopic (exact) mass is 699 g/mol. The SMILES string of the molecule is COc1cc2c(cc1OCCCOc1cc3c(cc1OC)C(=O)N1c4ccc(N(C)C(C)=O)cc4C[C@H]1C=N3)N=C[C@@H]1Cc3ccccc3N1C2=O. The first kappa shape index (κ1) is 33.0. The zero-order valence-corrected chi connectivity index (χ0v) is 29.3. The summed E-state index contributed by atoms with van der Waals surface area (Å²) in [7, 11) is 4.81. The van der Waals surface area contributed by atoms with Crippen LogP contribution in [0.3, 0.4) is 0 Å². The van der Waals surface area contributed by atoms with Crippen molar-refractivity contribution in [1.29, 1.82) is 0 Å². The minimum atomic E-state index is -0.261. The molecule has 4 heterocycles. The minimum absolute atomic E-state index is 0.0666. The Labute approximate surface area is 300 Å². The van der Waals surface area contributed by atoms with Crippen molar-refractivity contribution in [2.24, 2.45) is 9.98 Å². The number of para-hydroxylation sites is 1. The first-order chi connectivity index (χ1) is 25.2. The Morgan fingerprint density at radius 2 is 1.27 bits per heavy atom. The number of aliphatic imine (C=N–C) groups is 2. The van der Waals surface area contributed by atoms with E-state index in [1.807, 2.05) is 48.7 Å². The number of hydrogen-bond acceptors (Lipinski definition) is 9. The molecule has 4 aliphatic heterocycles. The van der Waals surface area contributed by atoms with Gasteiger partial charge >= 0.3 is 0 Å². The Morgan fingerprint density at radius 3 is 1.83 bits per heavy atom. The van der Waals surface area contributed by atoms with Crippen LogP contribution in [0.5, 0.6) is 23.0 Å². The lowest BCUT2D eigenvalue weighted by Gasteiger charge is -2.22. The summed E-state index contributed by atoms with van der Waals surface area (Å²) in [5.41, 5.74) is 6.46. The summed E-state index contributed by atoms with van der Waals surface area (Å²) in [5.74, 6) is 1.42. The minimum Gasteiger partial charge on any atom is -0.493 e. The normalized spacial score (nSPS) is 17.6. The molecule has 0 fully saturated rings. The molecule has 0 bridgehead atoms. The van der Waals surface area contributed by atoms with Crippen LogP contribution < -0.4 is 33.6 Å². The van der Waals surface area contributed by atoms with Crippen LogP contribution in [0.4, 0.5) is 28.4 Å². The number of benzene rings is 4. The average molecular weight is 700 g/mol. The van der Waals surface area contributed by atoms with E-state index in [0.29, 0.717) is 78.0 Å². The lowest BCUT2D eigenvalue weighted by Crippen LogP contribution is -2.37. The van der Waals surface area contributed by atoms with Crippen molar-refractivity contribution in [3.05, 3.63) is 89.0 Å². The molecule has 0 unspecified atom stereocenters. The van der Waals surface area contributed by atoms with Crippen molar-refractivity contribution < 1.29 is 33.3 Å². The van der Waals surface area contributed by atoms with E-state index >= 15 is 0 Å². The maximum Gasteiger partial charge on any atom is 0.261 e. The van der Waals surface area contributed by atoms with Crippen molar-refractivity contribution in [3.63, 3.8) is 0 Å². The molecule has 2 atom stereocenters. The molecule has 0 saturated carbocycles. The second-order valence-corrected chi connectivity index (χ2v) is 13.1. The molecule has 0 aromatic heterocycles. The zero-order chi connectivity index (χ0) is 36.1. The second kappa shape index (κ2) is 13.2.